The SMILES string of the molecule is Cc1ccc(C(C)(C)C)cc1.Cc1ccc(C(F)(F)F)cc1.Cc1ccc(C)cc1.Cc1ccc2c(c1)C(C)(C)c1ccccc1-2.Cc1ccc2c(c1)C(c1ccccc1)(c1ccccc1)c1ccccc1-2.Cc1ccc2c(c1)C1(c3ccccc3-c3ccccc31)c1ccccc1-2.Cc1ccccc1-c1ccccc1. The van der Waals surface area contributed by atoms with Gasteiger partial charge < -0.3 is 0 Å². The summed E-state index contributed by atoms with van der Waals surface area (Å²) in [7, 11) is 0. The first kappa shape index (κ1) is 77.3. The third-order valence-corrected chi connectivity index (χ3v) is 22.3. The number of rotatable bonds is 3. The molecule has 0 nitrogen and oxygen atoms in total. The molecule has 1 spiro atoms. The van der Waals surface area contributed by atoms with E-state index in [1.54, 1.807) is 6.92 Å². The highest BCUT2D eigenvalue weighted by Gasteiger charge is 2.52. The molecule has 552 valence electrons. The molecule has 0 atom stereocenters. The molecule has 0 aromatic heterocycles. The van der Waals surface area contributed by atoms with E-state index in [1.165, 1.54) is 168 Å². The van der Waals surface area contributed by atoms with Crippen LogP contribution in [0.5, 0.6) is 0 Å². The molecule has 0 fully saturated rings. The number of hydrogen-bond acceptors (Lipinski definition) is 0. The molecule has 0 saturated carbocycles. The molecule has 0 heterocycles. The molecule has 19 rings (SSSR count). The molecule has 111 heavy (non-hydrogen) atoms. The molecule has 0 saturated heterocycles. The maximum Gasteiger partial charge on any atom is 0.416 e. The Morgan fingerprint density at radius 1 is 0.216 bits per heavy atom. The fraction of sp³-hybridized carbons (Fsp3) is 0.167. The van der Waals surface area contributed by atoms with Gasteiger partial charge in [0.25, 0.3) is 0 Å². The molecule has 0 radical (unpaired) electrons. The third-order valence-electron chi connectivity index (χ3n) is 22.3. The van der Waals surface area contributed by atoms with Crippen LogP contribution in [0.25, 0.3) is 55.6 Å². The maximum atomic E-state index is 11.9. The number of halogens is 3. The van der Waals surface area contributed by atoms with Crippen molar-refractivity contribution in [3.8, 4) is 55.6 Å². The average Bonchev–Trinajstić information content (AvgIpc) is 1.51. The predicted octanol–water partition coefficient (Wildman–Crippen LogP) is 29.3. The van der Waals surface area contributed by atoms with E-state index >= 15 is 0 Å². The first-order valence-corrected chi connectivity index (χ1v) is 38.7. The highest BCUT2D eigenvalue weighted by atomic mass is 19.4. The summed E-state index contributed by atoms with van der Waals surface area (Å²) in [6, 6.07) is 128. The molecular weight excluding hydrogens is 1350 g/mol. The van der Waals surface area contributed by atoms with E-state index in [0.717, 1.165) is 17.7 Å². The summed E-state index contributed by atoms with van der Waals surface area (Å²) in [4.78, 5) is 0. The van der Waals surface area contributed by atoms with Crippen LogP contribution in [0.2, 0.25) is 0 Å². The van der Waals surface area contributed by atoms with Crippen LogP contribution in [-0.2, 0) is 27.8 Å². The lowest BCUT2D eigenvalue weighted by molar-refractivity contribution is -0.137. The van der Waals surface area contributed by atoms with Gasteiger partial charge in [-0.3, -0.25) is 0 Å². The van der Waals surface area contributed by atoms with Gasteiger partial charge in [-0.05, 0) is 195 Å². The van der Waals surface area contributed by atoms with Crippen molar-refractivity contribution in [1.82, 2.24) is 0 Å². The quantitative estimate of drug-likeness (QED) is 0.165. The first-order chi connectivity index (χ1) is 53.4. The lowest BCUT2D eigenvalue weighted by Gasteiger charge is -2.34. The van der Waals surface area contributed by atoms with Crippen LogP contribution in [0.15, 0.2) is 364 Å². The Morgan fingerprint density at radius 2 is 0.477 bits per heavy atom. The highest BCUT2D eigenvalue weighted by molar-refractivity contribution is 5.95. The van der Waals surface area contributed by atoms with Gasteiger partial charge in [0.05, 0.1) is 16.4 Å². The summed E-state index contributed by atoms with van der Waals surface area (Å²) in [5.74, 6) is 0. The maximum absolute atomic E-state index is 11.9. The minimum absolute atomic E-state index is 0.151. The van der Waals surface area contributed by atoms with Gasteiger partial charge in [-0.2, -0.15) is 13.2 Å². The van der Waals surface area contributed by atoms with Crippen molar-refractivity contribution in [3.05, 3.63) is 475 Å². The number of benzene rings is 15. The smallest absolute Gasteiger partial charge is 0.166 e. The van der Waals surface area contributed by atoms with Gasteiger partial charge in [0.15, 0.2) is 0 Å². The van der Waals surface area contributed by atoms with Crippen LogP contribution in [0.3, 0.4) is 0 Å². The summed E-state index contributed by atoms with van der Waals surface area (Å²) in [5.41, 5.74) is 38.5. The highest BCUT2D eigenvalue weighted by Crippen LogP contribution is 2.63. The average molecular weight is 1450 g/mol. The van der Waals surface area contributed by atoms with Crippen LogP contribution in [0.4, 0.5) is 13.2 Å². The Bertz CT molecular complexity index is 5420. The van der Waals surface area contributed by atoms with Gasteiger partial charge in [0.1, 0.15) is 0 Å². The van der Waals surface area contributed by atoms with Gasteiger partial charge in [0.2, 0.25) is 0 Å². The van der Waals surface area contributed by atoms with Gasteiger partial charge in [-0.15, -0.1) is 0 Å². The Morgan fingerprint density at radius 3 is 0.847 bits per heavy atom. The van der Waals surface area contributed by atoms with Crippen LogP contribution >= 0.6 is 0 Å². The second-order valence-electron chi connectivity index (χ2n) is 31.5. The van der Waals surface area contributed by atoms with Crippen molar-refractivity contribution in [2.75, 3.05) is 0 Å². The molecule has 3 heteroatoms. The van der Waals surface area contributed by atoms with Gasteiger partial charge in [0, 0.05) is 5.41 Å². The fourth-order valence-electron chi connectivity index (χ4n) is 16.5. The van der Waals surface area contributed by atoms with E-state index in [9.17, 15) is 13.2 Å². The van der Waals surface area contributed by atoms with E-state index < -0.39 is 11.7 Å². The minimum Gasteiger partial charge on any atom is -0.166 e. The van der Waals surface area contributed by atoms with Crippen LogP contribution in [0.1, 0.15) is 146 Å². The van der Waals surface area contributed by atoms with Crippen LogP contribution in [-0.4, -0.2) is 0 Å². The second kappa shape index (κ2) is 32.7. The Kier molecular flexibility index (Phi) is 22.8. The lowest BCUT2D eigenvalue weighted by atomic mass is 9.67. The van der Waals surface area contributed by atoms with E-state index in [1.807, 2.05) is 6.07 Å². The monoisotopic (exact) mass is 1450 g/mol. The molecule has 4 aliphatic rings. The normalized spacial score (nSPS) is 13.1. The van der Waals surface area contributed by atoms with Crippen LogP contribution < -0.4 is 0 Å². The van der Waals surface area contributed by atoms with Crippen molar-refractivity contribution in [3.63, 3.8) is 0 Å². The standard InChI is InChI=1S/C26H18.C26H20.C16H16.C13H12.C11H16.C8H7F3.C8H10/c1-17-14-15-21-20-10-4-7-13-24(20)26(25(21)16-17)22-11-5-2-8-18(22)19-9-3-6-12-23(19)26;1-19-16-17-23-22-14-8-9-15-24(22)26(25(23)18-19,20-10-4-2-5-11-20)21-12-6-3-7-13-21;1-11-8-9-13-12-6-4-5-7-14(12)16(2,3)15(13)10-11;1-11-7-5-6-10-13(11)12-8-3-2-4-9-12;1-9-5-7-10(8-6-9)11(2,3)4;1-6-2-4-7(5-3-6)8(9,10)11;1-7-3-5-8(2)6-4-7/h2-16H,1H3;2-18H,1H3;4-10H,1-3H3;2-10H,1H3;5-8H,1-4H3;2-5H,1H3;3-6H,1-2H3. The molecule has 4 aliphatic carbocycles. The van der Waals surface area contributed by atoms with Crippen molar-refractivity contribution in [2.45, 2.75) is 118 Å². The minimum atomic E-state index is -4.21. The van der Waals surface area contributed by atoms with Gasteiger partial charge >= 0.3 is 6.18 Å². The molecule has 15 aromatic rings. The van der Waals surface area contributed by atoms with Crippen LogP contribution in [0, 0.1) is 55.4 Å². The fourth-order valence-corrected chi connectivity index (χ4v) is 16.5. The third kappa shape index (κ3) is 15.8. The zero-order valence-electron chi connectivity index (χ0n) is 66.3. The Balaban J connectivity index is 0.000000118. The summed E-state index contributed by atoms with van der Waals surface area (Å²) in [6.45, 7) is 28.1. The molecule has 0 unspecified atom stereocenters. The van der Waals surface area contributed by atoms with E-state index in [0.29, 0.717) is 0 Å². The lowest BCUT2D eigenvalue weighted by Crippen LogP contribution is -2.28. The number of fused-ring (bicyclic) bond motifs is 16. The van der Waals surface area contributed by atoms with E-state index in [4.69, 9.17) is 0 Å². The van der Waals surface area contributed by atoms with Gasteiger partial charge in [-0.25, -0.2) is 0 Å². The first-order valence-electron chi connectivity index (χ1n) is 38.7. The van der Waals surface area contributed by atoms with Gasteiger partial charge in [-0.1, -0.05) is 425 Å². The van der Waals surface area contributed by atoms with Crippen molar-refractivity contribution >= 4 is 0 Å². The number of alkyl halides is 3. The molecule has 0 bridgehead atoms. The molecule has 15 aromatic carbocycles. The molecular formula is C108H99F3. The Hall–Kier alpha value is -11.9. The zero-order valence-corrected chi connectivity index (χ0v) is 66.3. The number of hydrogen-bond donors (Lipinski definition) is 0. The molecule has 0 N–H and O–H groups in total. The van der Waals surface area contributed by atoms with Crippen molar-refractivity contribution in [2.24, 2.45) is 0 Å². The Labute approximate surface area is 657 Å². The van der Waals surface area contributed by atoms with E-state index in [-0.39, 0.29) is 21.7 Å². The van der Waals surface area contributed by atoms with Crippen molar-refractivity contribution < 1.29 is 13.2 Å². The number of aryl methyl sites for hydroxylation is 8. The largest absolute Gasteiger partial charge is 0.416 e. The summed E-state index contributed by atoms with van der Waals surface area (Å²) < 4.78 is 35.8. The summed E-state index contributed by atoms with van der Waals surface area (Å²) >= 11 is 0. The predicted molar refractivity (Wildman–Crippen MR) is 463 cm³/mol. The molecule has 0 amide bonds. The second-order valence-corrected chi connectivity index (χ2v) is 31.5. The topological polar surface area (TPSA) is 0 Å². The zero-order chi connectivity index (χ0) is 78.2. The molecule has 0 aliphatic heterocycles. The van der Waals surface area contributed by atoms with E-state index in [2.05, 4.69) is 417 Å². The summed E-state index contributed by atoms with van der Waals surface area (Å²) in [5, 5.41) is 0. The summed E-state index contributed by atoms with van der Waals surface area (Å²) in [6.07, 6.45) is -4.21. The van der Waals surface area contributed by atoms with Crippen molar-refractivity contribution in [1.29, 1.82) is 0 Å².